The van der Waals surface area contributed by atoms with Crippen LogP contribution in [0.5, 0.6) is 0 Å². The van der Waals surface area contributed by atoms with Crippen LogP contribution in [-0.4, -0.2) is 65.7 Å². The van der Waals surface area contributed by atoms with E-state index in [0.717, 1.165) is 64.3 Å². The SMILES string of the molecule is CC(C)c1ccc(C(=O)N2CCCCC2CN2CCOCC2)c(=O)n1C. The second kappa shape index (κ2) is 8.35. The molecule has 0 saturated carbocycles. The van der Waals surface area contributed by atoms with E-state index in [2.05, 4.69) is 18.7 Å². The molecule has 2 aliphatic heterocycles. The predicted octanol–water partition coefficient (Wildman–Crippen LogP) is 1.84. The van der Waals surface area contributed by atoms with Crippen molar-refractivity contribution in [2.75, 3.05) is 39.4 Å². The highest BCUT2D eigenvalue weighted by Crippen LogP contribution is 2.21. The van der Waals surface area contributed by atoms with Gasteiger partial charge in [-0.25, -0.2) is 0 Å². The van der Waals surface area contributed by atoms with E-state index in [1.165, 1.54) is 0 Å². The summed E-state index contributed by atoms with van der Waals surface area (Å²) in [5.74, 6) is 0.139. The number of rotatable bonds is 4. The Bertz CT molecular complexity index is 692. The summed E-state index contributed by atoms with van der Waals surface area (Å²) in [5.41, 5.74) is 1.07. The van der Waals surface area contributed by atoms with Crippen LogP contribution in [0.15, 0.2) is 16.9 Å². The smallest absolute Gasteiger partial charge is 0.263 e. The molecule has 0 aliphatic carbocycles. The molecule has 1 unspecified atom stereocenters. The second-order valence-corrected chi connectivity index (χ2v) is 7.75. The fraction of sp³-hybridized carbons (Fsp3) is 0.700. The molecule has 0 bridgehead atoms. The van der Waals surface area contributed by atoms with Crippen molar-refractivity contribution in [3.8, 4) is 0 Å². The molecule has 2 aliphatic rings. The summed E-state index contributed by atoms with van der Waals surface area (Å²) >= 11 is 0. The van der Waals surface area contributed by atoms with Gasteiger partial charge in [0.1, 0.15) is 5.56 Å². The number of aromatic nitrogens is 1. The first-order valence-electron chi connectivity index (χ1n) is 9.80. The van der Waals surface area contributed by atoms with Gasteiger partial charge < -0.3 is 14.2 Å². The Labute approximate surface area is 155 Å². The Morgan fingerprint density at radius 1 is 1.19 bits per heavy atom. The summed E-state index contributed by atoms with van der Waals surface area (Å²) in [6.07, 6.45) is 3.16. The first-order valence-corrected chi connectivity index (χ1v) is 9.80. The zero-order valence-corrected chi connectivity index (χ0v) is 16.2. The number of ether oxygens (including phenoxy) is 1. The lowest BCUT2D eigenvalue weighted by Gasteiger charge is -2.39. The van der Waals surface area contributed by atoms with Crippen LogP contribution in [0.1, 0.15) is 55.1 Å². The lowest BCUT2D eigenvalue weighted by Crippen LogP contribution is -2.52. The Balaban J connectivity index is 1.80. The molecule has 6 heteroatoms. The van der Waals surface area contributed by atoms with E-state index >= 15 is 0 Å². The summed E-state index contributed by atoms with van der Waals surface area (Å²) < 4.78 is 7.05. The first kappa shape index (κ1) is 19.1. The summed E-state index contributed by atoms with van der Waals surface area (Å²) in [6, 6.07) is 3.82. The van der Waals surface area contributed by atoms with Gasteiger partial charge in [0.15, 0.2) is 0 Å². The molecule has 3 heterocycles. The van der Waals surface area contributed by atoms with Gasteiger partial charge in [0, 0.05) is 45.0 Å². The number of morpholine rings is 1. The van der Waals surface area contributed by atoms with E-state index in [4.69, 9.17) is 4.74 Å². The number of carbonyl (C=O) groups is 1. The number of pyridine rings is 1. The van der Waals surface area contributed by atoms with Crippen molar-refractivity contribution >= 4 is 5.91 Å². The van der Waals surface area contributed by atoms with Crippen LogP contribution in [0.25, 0.3) is 0 Å². The quantitative estimate of drug-likeness (QED) is 0.821. The van der Waals surface area contributed by atoms with Crippen LogP contribution < -0.4 is 5.56 Å². The van der Waals surface area contributed by atoms with E-state index < -0.39 is 0 Å². The summed E-state index contributed by atoms with van der Waals surface area (Å²) in [4.78, 5) is 30.2. The Kier molecular flexibility index (Phi) is 6.14. The third-order valence-corrected chi connectivity index (χ3v) is 5.63. The average molecular weight is 361 g/mol. The predicted molar refractivity (Wildman–Crippen MR) is 102 cm³/mol. The van der Waals surface area contributed by atoms with Gasteiger partial charge >= 0.3 is 0 Å². The molecule has 1 aromatic rings. The molecule has 2 saturated heterocycles. The first-order chi connectivity index (χ1) is 12.5. The lowest BCUT2D eigenvalue weighted by atomic mass is 10.00. The minimum atomic E-state index is -0.183. The van der Waals surface area contributed by atoms with Crippen molar-refractivity contribution in [2.45, 2.75) is 45.1 Å². The number of carbonyl (C=O) groups excluding carboxylic acids is 1. The van der Waals surface area contributed by atoms with Crippen molar-refractivity contribution in [3.05, 3.63) is 33.7 Å². The highest BCUT2D eigenvalue weighted by molar-refractivity contribution is 5.94. The number of likely N-dealkylation sites (tertiary alicyclic amines) is 1. The van der Waals surface area contributed by atoms with Crippen molar-refractivity contribution in [1.29, 1.82) is 0 Å². The lowest BCUT2D eigenvalue weighted by molar-refractivity contribution is 0.0165. The maximum absolute atomic E-state index is 13.2. The number of piperidine rings is 1. The van der Waals surface area contributed by atoms with Gasteiger partial charge in [-0.1, -0.05) is 13.8 Å². The topological polar surface area (TPSA) is 54.8 Å². The molecule has 6 nitrogen and oxygen atoms in total. The molecule has 1 aromatic heterocycles. The highest BCUT2D eigenvalue weighted by atomic mass is 16.5. The molecule has 0 spiro atoms. The third-order valence-electron chi connectivity index (χ3n) is 5.63. The molecule has 26 heavy (non-hydrogen) atoms. The van der Waals surface area contributed by atoms with Crippen LogP contribution in [0.2, 0.25) is 0 Å². The number of hydrogen-bond donors (Lipinski definition) is 0. The van der Waals surface area contributed by atoms with Crippen LogP contribution in [-0.2, 0) is 11.8 Å². The molecule has 0 aromatic carbocycles. The minimum Gasteiger partial charge on any atom is -0.379 e. The van der Waals surface area contributed by atoms with Crippen LogP contribution in [0.3, 0.4) is 0 Å². The van der Waals surface area contributed by atoms with E-state index in [0.29, 0.717) is 5.56 Å². The molecule has 1 amide bonds. The van der Waals surface area contributed by atoms with Gasteiger partial charge in [-0.15, -0.1) is 0 Å². The highest BCUT2D eigenvalue weighted by Gasteiger charge is 2.31. The normalized spacial score (nSPS) is 22.0. The van der Waals surface area contributed by atoms with Crippen LogP contribution >= 0.6 is 0 Å². The van der Waals surface area contributed by atoms with Crippen molar-refractivity contribution in [1.82, 2.24) is 14.4 Å². The van der Waals surface area contributed by atoms with E-state index in [1.807, 2.05) is 11.0 Å². The van der Waals surface area contributed by atoms with Crippen molar-refractivity contribution < 1.29 is 9.53 Å². The van der Waals surface area contributed by atoms with Gasteiger partial charge in [-0.2, -0.15) is 0 Å². The number of hydrogen-bond acceptors (Lipinski definition) is 4. The molecular formula is C20H31N3O3. The second-order valence-electron chi connectivity index (χ2n) is 7.75. The van der Waals surface area contributed by atoms with E-state index in [-0.39, 0.29) is 23.4 Å². The summed E-state index contributed by atoms with van der Waals surface area (Å²) in [5, 5.41) is 0. The Morgan fingerprint density at radius 3 is 2.62 bits per heavy atom. The van der Waals surface area contributed by atoms with E-state index in [1.54, 1.807) is 17.7 Å². The largest absolute Gasteiger partial charge is 0.379 e. The van der Waals surface area contributed by atoms with Crippen molar-refractivity contribution in [3.63, 3.8) is 0 Å². The Hall–Kier alpha value is -1.66. The van der Waals surface area contributed by atoms with Gasteiger partial charge in [-0.3, -0.25) is 14.5 Å². The fourth-order valence-electron chi connectivity index (χ4n) is 4.09. The zero-order valence-electron chi connectivity index (χ0n) is 16.2. The van der Waals surface area contributed by atoms with Gasteiger partial charge in [0.25, 0.3) is 11.5 Å². The standard InChI is InChI=1S/C20H31N3O3/c1-15(2)18-8-7-17(19(24)21(18)3)20(25)23-9-5-4-6-16(23)14-22-10-12-26-13-11-22/h7-8,15-16H,4-6,9-14H2,1-3H3. The number of amides is 1. The molecule has 3 rings (SSSR count). The molecule has 144 valence electrons. The molecule has 0 radical (unpaired) electrons. The van der Waals surface area contributed by atoms with Crippen molar-refractivity contribution in [2.24, 2.45) is 7.05 Å². The molecule has 1 atom stereocenters. The van der Waals surface area contributed by atoms with Crippen LogP contribution in [0, 0.1) is 0 Å². The van der Waals surface area contributed by atoms with E-state index in [9.17, 15) is 9.59 Å². The Morgan fingerprint density at radius 2 is 1.92 bits per heavy atom. The maximum atomic E-state index is 13.2. The molecular weight excluding hydrogens is 330 g/mol. The number of nitrogens with zero attached hydrogens (tertiary/aromatic N) is 3. The minimum absolute atomic E-state index is 0.112. The monoisotopic (exact) mass is 361 g/mol. The molecule has 0 N–H and O–H groups in total. The average Bonchev–Trinajstić information content (AvgIpc) is 2.64. The fourth-order valence-corrected chi connectivity index (χ4v) is 4.09. The summed E-state index contributed by atoms with van der Waals surface area (Å²) in [7, 11) is 1.76. The van der Waals surface area contributed by atoms with Gasteiger partial charge in [0.05, 0.1) is 13.2 Å². The third kappa shape index (κ3) is 4.01. The maximum Gasteiger partial charge on any atom is 0.263 e. The molecule has 2 fully saturated rings. The van der Waals surface area contributed by atoms with Gasteiger partial charge in [0.2, 0.25) is 0 Å². The zero-order chi connectivity index (χ0) is 18.7. The van der Waals surface area contributed by atoms with Gasteiger partial charge in [-0.05, 0) is 37.3 Å². The van der Waals surface area contributed by atoms with Crippen LogP contribution in [0.4, 0.5) is 0 Å². The summed E-state index contributed by atoms with van der Waals surface area (Å²) in [6.45, 7) is 9.09.